The summed E-state index contributed by atoms with van der Waals surface area (Å²) in [6.45, 7) is 7.23. The van der Waals surface area contributed by atoms with Gasteiger partial charge in [-0.25, -0.2) is 0 Å². The molecule has 0 saturated carbocycles. The van der Waals surface area contributed by atoms with Crippen LogP contribution in [-0.2, 0) is 27.7 Å². The van der Waals surface area contributed by atoms with Crippen LogP contribution in [0.3, 0.4) is 0 Å². The van der Waals surface area contributed by atoms with Crippen LogP contribution in [0, 0.1) is 0 Å². The second-order valence-electron chi connectivity index (χ2n) is 4.71. The van der Waals surface area contributed by atoms with E-state index in [0.29, 0.717) is 6.42 Å². The molecule has 0 aliphatic rings. The summed E-state index contributed by atoms with van der Waals surface area (Å²) < 4.78 is 15.3. The molecule has 0 aliphatic carbocycles. The van der Waals surface area contributed by atoms with E-state index in [1.807, 2.05) is 6.08 Å². The number of unbranched alkanes of at least 4 members (excludes halogenated alkanes) is 4. The summed E-state index contributed by atoms with van der Waals surface area (Å²) in [7, 11) is -3.62. The zero-order chi connectivity index (χ0) is 16.3. The molecule has 0 atom stereocenters. The summed E-state index contributed by atoms with van der Waals surface area (Å²) in [4.78, 5) is 33.6. The van der Waals surface area contributed by atoms with Gasteiger partial charge in [0.25, 0.3) is 17.9 Å². The van der Waals surface area contributed by atoms with Crippen molar-refractivity contribution in [2.75, 3.05) is 0 Å². The third-order valence-corrected chi connectivity index (χ3v) is 5.30. The van der Waals surface area contributed by atoms with E-state index in [-0.39, 0.29) is 6.04 Å². The van der Waals surface area contributed by atoms with Crippen molar-refractivity contribution < 1.29 is 27.7 Å². The molecule has 0 bridgehead atoms. The first-order valence-corrected chi connectivity index (χ1v) is 8.94. The summed E-state index contributed by atoms with van der Waals surface area (Å²) in [5.41, 5.74) is 0. The highest BCUT2D eigenvalue weighted by molar-refractivity contribution is 6.65. The fourth-order valence-electron chi connectivity index (χ4n) is 1.86. The van der Waals surface area contributed by atoms with Gasteiger partial charge in [-0.2, -0.15) is 0 Å². The highest BCUT2D eigenvalue weighted by Gasteiger charge is 2.51. The summed E-state index contributed by atoms with van der Waals surface area (Å²) >= 11 is 0. The smallest absolute Gasteiger partial charge is 0.455 e. The number of hydrogen-bond donors (Lipinski definition) is 0. The van der Waals surface area contributed by atoms with Crippen molar-refractivity contribution in [1.29, 1.82) is 0 Å². The molecular formula is C14H24O6Si. The standard InChI is InChI=1S/C14H24O6Si/c1-5-6-7-8-9-10-11-21(18-12(2)15,19-13(3)16)20-14(4)17/h5H,1,6-11H2,2-4H3. The first-order valence-electron chi connectivity index (χ1n) is 7.01. The minimum absolute atomic E-state index is 0.250. The SMILES string of the molecule is C=CCCCCCC[Si](OC(C)=O)(OC(C)=O)OC(C)=O. The molecule has 0 unspecified atom stereocenters. The number of carbonyl (C=O) groups is 3. The Balaban J connectivity index is 4.65. The molecule has 0 aliphatic heterocycles. The van der Waals surface area contributed by atoms with Crippen molar-refractivity contribution in [3.05, 3.63) is 12.7 Å². The van der Waals surface area contributed by atoms with Crippen LogP contribution in [0.1, 0.15) is 52.9 Å². The molecule has 0 heterocycles. The Morgan fingerprint density at radius 2 is 1.29 bits per heavy atom. The van der Waals surface area contributed by atoms with Gasteiger partial charge in [0.2, 0.25) is 0 Å². The molecule has 0 aromatic carbocycles. The second kappa shape index (κ2) is 10.1. The lowest BCUT2D eigenvalue weighted by Crippen LogP contribution is -2.49. The third-order valence-electron chi connectivity index (χ3n) is 2.54. The van der Waals surface area contributed by atoms with Gasteiger partial charge in [0.1, 0.15) is 0 Å². The number of hydrogen-bond acceptors (Lipinski definition) is 6. The molecular weight excluding hydrogens is 292 g/mol. The van der Waals surface area contributed by atoms with Gasteiger partial charge in [0, 0.05) is 20.8 Å². The lowest BCUT2D eigenvalue weighted by atomic mass is 10.1. The Morgan fingerprint density at radius 1 is 0.857 bits per heavy atom. The van der Waals surface area contributed by atoms with Gasteiger partial charge in [0.05, 0.1) is 6.04 Å². The molecule has 0 fully saturated rings. The van der Waals surface area contributed by atoms with Crippen molar-refractivity contribution in [2.24, 2.45) is 0 Å². The molecule has 120 valence electrons. The highest BCUT2D eigenvalue weighted by Crippen LogP contribution is 2.21. The Hall–Kier alpha value is -1.63. The average Bonchev–Trinajstić information content (AvgIpc) is 2.30. The van der Waals surface area contributed by atoms with Crippen LogP contribution < -0.4 is 0 Å². The predicted molar refractivity (Wildman–Crippen MR) is 79.1 cm³/mol. The van der Waals surface area contributed by atoms with Gasteiger partial charge in [-0.15, -0.1) is 6.58 Å². The second-order valence-corrected chi connectivity index (χ2v) is 7.18. The molecule has 6 nitrogen and oxygen atoms in total. The van der Waals surface area contributed by atoms with Gasteiger partial charge in [-0.3, -0.25) is 14.4 Å². The van der Waals surface area contributed by atoms with Crippen LogP contribution in [0.15, 0.2) is 12.7 Å². The van der Waals surface area contributed by atoms with E-state index in [9.17, 15) is 14.4 Å². The maximum atomic E-state index is 11.2. The number of carbonyl (C=O) groups excluding carboxylic acids is 3. The Kier molecular flexibility index (Phi) is 9.36. The molecule has 7 heteroatoms. The maximum absolute atomic E-state index is 11.2. The van der Waals surface area contributed by atoms with Crippen LogP contribution in [0.4, 0.5) is 0 Å². The molecule has 0 aromatic rings. The predicted octanol–water partition coefficient (Wildman–Crippen LogP) is 2.75. The van der Waals surface area contributed by atoms with E-state index in [1.54, 1.807) is 0 Å². The first-order chi connectivity index (χ1) is 9.81. The monoisotopic (exact) mass is 316 g/mol. The normalized spacial score (nSPS) is 10.6. The van der Waals surface area contributed by atoms with E-state index in [1.165, 1.54) is 20.8 Å². The fraction of sp³-hybridized carbons (Fsp3) is 0.643. The van der Waals surface area contributed by atoms with Gasteiger partial charge in [0.15, 0.2) is 0 Å². The van der Waals surface area contributed by atoms with Crippen molar-refractivity contribution >= 4 is 26.7 Å². The van der Waals surface area contributed by atoms with Crippen LogP contribution in [0.2, 0.25) is 6.04 Å². The topological polar surface area (TPSA) is 78.9 Å². The lowest BCUT2D eigenvalue weighted by Gasteiger charge is -2.26. The molecule has 21 heavy (non-hydrogen) atoms. The Morgan fingerprint density at radius 3 is 1.67 bits per heavy atom. The van der Waals surface area contributed by atoms with E-state index in [4.69, 9.17) is 13.3 Å². The molecule has 0 radical (unpaired) electrons. The molecule has 0 spiro atoms. The lowest BCUT2D eigenvalue weighted by molar-refractivity contribution is -0.147. The minimum Gasteiger partial charge on any atom is -0.455 e. The van der Waals surface area contributed by atoms with Crippen LogP contribution in [0.25, 0.3) is 0 Å². The van der Waals surface area contributed by atoms with Crippen LogP contribution in [0.5, 0.6) is 0 Å². The summed E-state index contributed by atoms with van der Waals surface area (Å²) in [6, 6.07) is 0.250. The maximum Gasteiger partial charge on any atom is 0.705 e. The highest BCUT2D eigenvalue weighted by atomic mass is 28.4. The largest absolute Gasteiger partial charge is 0.705 e. The summed E-state index contributed by atoms with van der Waals surface area (Å²) in [5, 5.41) is 0. The first kappa shape index (κ1) is 19.4. The van der Waals surface area contributed by atoms with E-state index >= 15 is 0 Å². The fourth-order valence-corrected chi connectivity index (χ4v) is 4.28. The van der Waals surface area contributed by atoms with Crippen LogP contribution >= 0.6 is 0 Å². The quantitative estimate of drug-likeness (QED) is 0.350. The zero-order valence-corrected chi connectivity index (χ0v) is 14.0. The Bertz CT molecular complexity index is 339. The van der Waals surface area contributed by atoms with E-state index in [2.05, 4.69) is 6.58 Å². The third kappa shape index (κ3) is 9.83. The van der Waals surface area contributed by atoms with E-state index < -0.39 is 26.7 Å². The molecule has 0 rings (SSSR count). The molecule has 0 amide bonds. The summed E-state index contributed by atoms with van der Waals surface area (Å²) in [5.74, 6) is -1.89. The Labute approximate surface area is 126 Å². The van der Waals surface area contributed by atoms with Crippen molar-refractivity contribution in [2.45, 2.75) is 58.9 Å². The van der Waals surface area contributed by atoms with E-state index in [0.717, 1.165) is 25.7 Å². The average molecular weight is 316 g/mol. The van der Waals surface area contributed by atoms with Gasteiger partial charge < -0.3 is 13.3 Å². The van der Waals surface area contributed by atoms with Crippen molar-refractivity contribution in [1.82, 2.24) is 0 Å². The van der Waals surface area contributed by atoms with Gasteiger partial charge in [-0.05, 0) is 19.3 Å². The van der Waals surface area contributed by atoms with Gasteiger partial charge >= 0.3 is 8.80 Å². The van der Waals surface area contributed by atoms with Crippen LogP contribution in [-0.4, -0.2) is 26.7 Å². The number of allylic oxidation sites excluding steroid dienone is 1. The van der Waals surface area contributed by atoms with Gasteiger partial charge in [-0.1, -0.05) is 18.9 Å². The molecule has 0 N–H and O–H groups in total. The minimum atomic E-state index is -3.62. The molecule has 0 aromatic heterocycles. The zero-order valence-electron chi connectivity index (χ0n) is 13.0. The molecule has 0 saturated heterocycles. The summed E-state index contributed by atoms with van der Waals surface area (Å²) in [6.07, 6.45) is 6.32. The van der Waals surface area contributed by atoms with Crippen molar-refractivity contribution in [3.8, 4) is 0 Å². The van der Waals surface area contributed by atoms with Crippen molar-refractivity contribution in [3.63, 3.8) is 0 Å². The number of rotatable bonds is 10.